The van der Waals surface area contributed by atoms with Crippen LogP contribution < -0.4 is 4.74 Å². The van der Waals surface area contributed by atoms with Crippen molar-refractivity contribution in [3.8, 4) is 11.5 Å². The number of methoxy groups -OCH3 is 1. The Morgan fingerprint density at radius 2 is 2.20 bits per heavy atom. The predicted molar refractivity (Wildman–Crippen MR) is 64.0 cm³/mol. The summed E-state index contributed by atoms with van der Waals surface area (Å²) in [6.45, 7) is 0. The van der Waals surface area contributed by atoms with Crippen LogP contribution in [0.4, 0.5) is 0 Å². The topological polar surface area (TPSA) is 62.0 Å². The number of phenols is 1. The number of oxime groups is 1. The molecule has 0 aliphatic carbocycles. The summed E-state index contributed by atoms with van der Waals surface area (Å²) in [4.78, 5) is 0. The molecule has 0 heterocycles. The van der Waals surface area contributed by atoms with Crippen LogP contribution in [0, 0.1) is 0 Å². The van der Waals surface area contributed by atoms with Gasteiger partial charge in [0.2, 0.25) is 0 Å². The maximum absolute atomic E-state index is 9.77. The molecular formula is C9H9Br2NO3. The molecule has 82 valence electrons. The van der Waals surface area contributed by atoms with Crippen LogP contribution in [0.5, 0.6) is 11.5 Å². The first-order valence-electron chi connectivity index (χ1n) is 4.01. The fourth-order valence-corrected chi connectivity index (χ4v) is 2.65. The Morgan fingerprint density at radius 3 is 2.73 bits per heavy atom. The number of phenolic OH excluding ortho intramolecular Hbond substituents is 1. The van der Waals surface area contributed by atoms with Gasteiger partial charge in [0.15, 0.2) is 5.75 Å². The first-order chi connectivity index (χ1) is 7.11. The van der Waals surface area contributed by atoms with Crippen LogP contribution in [0.3, 0.4) is 0 Å². The van der Waals surface area contributed by atoms with Crippen molar-refractivity contribution >= 4 is 38.1 Å². The van der Waals surface area contributed by atoms with Crippen LogP contribution in [-0.4, -0.2) is 23.6 Å². The summed E-state index contributed by atoms with van der Waals surface area (Å²) in [5.41, 5.74) is 0.632. The Kier molecular flexibility index (Phi) is 4.41. The van der Waals surface area contributed by atoms with Crippen LogP contribution in [0.2, 0.25) is 0 Å². The van der Waals surface area contributed by atoms with Crippen molar-refractivity contribution in [3.63, 3.8) is 0 Å². The van der Waals surface area contributed by atoms with Crippen LogP contribution in [-0.2, 0) is 6.42 Å². The van der Waals surface area contributed by atoms with Gasteiger partial charge in [-0.15, -0.1) is 5.16 Å². The second kappa shape index (κ2) is 5.37. The Morgan fingerprint density at radius 1 is 1.53 bits per heavy atom. The lowest BCUT2D eigenvalue weighted by molar-refractivity contribution is 0.320. The number of benzene rings is 1. The third-order valence-corrected chi connectivity index (χ3v) is 3.15. The molecule has 0 unspecified atom stereocenters. The lowest BCUT2D eigenvalue weighted by atomic mass is 10.1. The Labute approximate surface area is 104 Å². The maximum Gasteiger partial charge on any atom is 0.150 e. The molecule has 0 atom stereocenters. The highest BCUT2D eigenvalue weighted by atomic mass is 79.9. The molecule has 0 aliphatic heterocycles. The van der Waals surface area contributed by atoms with Crippen molar-refractivity contribution < 1.29 is 15.1 Å². The van der Waals surface area contributed by atoms with Crippen molar-refractivity contribution in [2.75, 3.05) is 7.11 Å². The van der Waals surface area contributed by atoms with Crippen molar-refractivity contribution in [1.82, 2.24) is 0 Å². The molecule has 2 N–H and O–H groups in total. The summed E-state index contributed by atoms with van der Waals surface area (Å²) in [6.07, 6.45) is 1.63. The van der Waals surface area contributed by atoms with Gasteiger partial charge in [-0.05, 0) is 37.9 Å². The van der Waals surface area contributed by atoms with Gasteiger partial charge in [0.05, 0.1) is 11.6 Å². The van der Waals surface area contributed by atoms with Crippen LogP contribution in [0.25, 0.3) is 0 Å². The fraction of sp³-hybridized carbons (Fsp3) is 0.222. The quantitative estimate of drug-likeness (QED) is 0.506. The molecular weight excluding hydrogens is 330 g/mol. The van der Waals surface area contributed by atoms with Gasteiger partial charge >= 0.3 is 0 Å². The van der Waals surface area contributed by atoms with Gasteiger partial charge in [0.25, 0.3) is 0 Å². The molecule has 0 radical (unpaired) electrons. The average Bonchev–Trinajstić information content (AvgIpc) is 2.22. The highest BCUT2D eigenvalue weighted by Gasteiger charge is 2.14. The van der Waals surface area contributed by atoms with Gasteiger partial charge in [-0.2, -0.15) is 0 Å². The summed E-state index contributed by atoms with van der Waals surface area (Å²) in [5.74, 6) is 0.604. The Balaban J connectivity index is 3.21. The van der Waals surface area contributed by atoms with Gasteiger partial charge in [0.1, 0.15) is 10.2 Å². The number of ether oxygens (including phenoxy) is 1. The summed E-state index contributed by atoms with van der Waals surface area (Å²) in [6, 6.07) is 1.71. The maximum atomic E-state index is 9.77. The summed E-state index contributed by atoms with van der Waals surface area (Å²) >= 11 is 6.53. The first kappa shape index (κ1) is 12.3. The number of rotatable bonds is 3. The van der Waals surface area contributed by atoms with E-state index in [1.165, 1.54) is 13.3 Å². The normalized spacial score (nSPS) is 10.9. The van der Waals surface area contributed by atoms with Gasteiger partial charge in [-0.1, -0.05) is 0 Å². The molecule has 0 saturated heterocycles. The smallest absolute Gasteiger partial charge is 0.150 e. The molecule has 0 aromatic heterocycles. The molecule has 0 fully saturated rings. The highest BCUT2D eigenvalue weighted by molar-refractivity contribution is 9.11. The number of aromatic hydroxyl groups is 1. The zero-order chi connectivity index (χ0) is 11.4. The van der Waals surface area contributed by atoms with Gasteiger partial charge < -0.3 is 15.1 Å². The average molecular weight is 339 g/mol. The number of nitrogens with zero attached hydrogens (tertiary/aromatic N) is 1. The van der Waals surface area contributed by atoms with E-state index >= 15 is 0 Å². The van der Waals surface area contributed by atoms with E-state index in [2.05, 4.69) is 37.0 Å². The number of hydrogen-bond acceptors (Lipinski definition) is 4. The van der Waals surface area contributed by atoms with Crippen molar-refractivity contribution in [2.45, 2.75) is 6.42 Å². The molecule has 0 saturated carbocycles. The minimum Gasteiger partial charge on any atom is -0.506 e. The monoisotopic (exact) mass is 337 g/mol. The SMILES string of the molecule is COc1c(Br)cc(C/C=N/O)c(O)c1Br. The van der Waals surface area contributed by atoms with Crippen molar-refractivity contribution in [3.05, 3.63) is 20.6 Å². The molecule has 15 heavy (non-hydrogen) atoms. The van der Waals surface area contributed by atoms with E-state index in [1.807, 2.05) is 0 Å². The number of hydrogen-bond donors (Lipinski definition) is 2. The molecule has 0 spiro atoms. The van der Waals surface area contributed by atoms with E-state index in [0.717, 1.165) is 4.47 Å². The molecule has 0 aliphatic rings. The lowest BCUT2D eigenvalue weighted by Crippen LogP contribution is -1.93. The van der Waals surface area contributed by atoms with E-state index in [1.54, 1.807) is 6.07 Å². The largest absolute Gasteiger partial charge is 0.506 e. The van der Waals surface area contributed by atoms with Gasteiger partial charge in [-0.25, -0.2) is 0 Å². The van der Waals surface area contributed by atoms with E-state index < -0.39 is 0 Å². The minimum absolute atomic E-state index is 0.0787. The molecule has 1 rings (SSSR count). The molecule has 1 aromatic rings. The van der Waals surface area contributed by atoms with Crippen LogP contribution in [0.1, 0.15) is 5.56 Å². The van der Waals surface area contributed by atoms with Crippen LogP contribution in [0.15, 0.2) is 20.2 Å². The van der Waals surface area contributed by atoms with Crippen molar-refractivity contribution in [2.24, 2.45) is 5.16 Å². The van der Waals surface area contributed by atoms with E-state index in [4.69, 9.17) is 9.94 Å². The molecule has 4 nitrogen and oxygen atoms in total. The van der Waals surface area contributed by atoms with E-state index in [9.17, 15) is 5.11 Å². The van der Waals surface area contributed by atoms with Crippen molar-refractivity contribution in [1.29, 1.82) is 0 Å². The lowest BCUT2D eigenvalue weighted by Gasteiger charge is -2.10. The van der Waals surface area contributed by atoms with Gasteiger partial charge in [0, 0.05) is 18.2 Å². The summed E-state index contributed by atoms with van der Waals surface area (Å²) in [7, 11) is 1.51. The van der Waals surface area contributed by atoms with Gasteiger partial charge in [-0.3, -0.25) is 0 Å². The zero-order valence-corrected chi connectivity index (χ0v) is 11.0. The third kappa shape index (κ3) is 2.63. The number of halogens is 2. The zero-order valence-electron chi connectivity index (χ0n) is 7.87. The highest BCUT2D eigenvalue weighted by Crippen LogP contribution is 2.41. The third-order valence-electron chi connectivity index (χ3n) is 1.83. The standard InChI is InChI=1S/C9H9Br2NO3/c1-15-9-6(10)4-5(2-3-12-14)8(13)7(9)11/h3-4,13-14H,2H2,1H3/b12-3+. The molecule has 0 bridgehead atoms. The fourth-order valence-electron chi connectivity index (χ4n) is 1.12. The van der Waals surface area contributed by atoms with E-state index in [0.29, 0.717) is 22.2 Å². The molecule has 6 heteroatoms. The van der Waals surface area contributed by atoms with E-state index in [-0.39, 0.29) is 5.75 Å². The molecule has 1 aromatic carbocycles. The second-order valence-corrected chi connectivity index (χ2v) is 4.36. The first-order valence-corrected chi connectivity index (χ1v) is 5.60. The van der Waals surface area contributed by atoms with Crippen LogP contribution >= 0.6 is 31.9 Å². The minimum atomic E-state index is 0.0787. The summed E-state index contributed by atoms with van der Waals surface area (Å²) in [5, 5.41) is 20.9. The second-order valence-electron chi connectivity index (χ2n) is 2.72. The Bertz CT molecular complexity index is 393. The predicted octanol–water partition coefficient (Wildman–Crippen LogP) is 2.93. The molecule has 0 amide bonds. The summed E-state index contributed by atoms with van der Waals surface area (Å²) < 4.78 is 6.27. The Hall–Kier alpha value is -0.750.